The van der Waals surface area contributed by atoms with Crippen LogP contribution in [0.15, 0.2) is 24.3 Å². The standard InChI is InChI=1S/C17H21N3O2/c1-11-6-8-14(9-7-11)20-13(3)16(12(2)19-20)18-17(21)15-5-4-10-22-15/h6-9,15H,4-5,10H2,1-3H3,(H,18,21). The van der Waals surface area contributed by atoms with Crippen LogP contribution in [0.2, 0.25) is 0 Å². The van der Waals surface area contributed by atoms with Gasteiger partial charge in [0.05, 0.1) is 22.8 Å². The molecular weight excluding hydrogens is 278 g/mol. The fourth-order valence-electron chi connectivity index (χ4n) is 2.75. The molecule has 2 aromatic rings. The first-order valence-corrected chi connectivity index (χ1v) is 7.62. The minimum absolute atomic E-state index is 0.0767. The van der Waals surface area contributed by atoms with Crippen molar-refractivity contribution < 1.29 is 9.53 Å². The van der Waals surface area contributed by atoms with Gasteiger partial charge in [-0.2, -0.15) is 5.10 Å². The van der Waals surface area contributed by atoms with Crippen LogP contribution in [0.3, 0.4) is 0 Å². The third-order valence-electron chi connectivity index (χ3n) is 4.04. The smallest absolute Gasteiger partial charge is 0.253 e. The monoisotopic (exact) mass is 299 g/mol. The van der Waals surface area contributed by atoms with Gasteiger partial charge >= 0.3 is 0 Å². The first kappa shape index (κ1) is 14.8. The molecule has 1 aliphatic rings. The molecule has 1 aromatic heterocycles. The van der Waals surface area contributed by atoms with Gasteiger partial charge in [0.15, 0.2) is 0 Å². The lowest BCUT2D eigenvalue weighted by Gasteiger charge is -2.11. The Hall–Kier alpha value is -2.14. The Kier molecular flexibility index (Phi) is 3.98. The SMILES string of the molecule is Cc1ccc(-n2nc(C)c(NC(=O)C3CCCO3)c2C)cc1. The van der Waals surface area contributed by atoms with Gasteiger partial charge < -0.3 is 10.1 Å². The van der Waals surface area contributed by atoms with Crippen molar-refractivity contribution >= 4 is 11.6 Å². The first-order chi connectivity index (χ1) is 10.6. The number of anilines is 1. The Morgan fingerprint density at radius 1 is 1.27 bits per heavy atom. The average molecular weight is 299 g/mol. The van der Waals surface area contributed by atoms with Crippen LogP contribution >= 0.6 is 0 Å². The van der Waals surface area contributed by atoms with Gasteiger partial charge in [-0.15, -0.1) is 0 Å². The van der Waals surface area contributed by atoms with Gasteiger partial charge in [-0.1, -0.05) is 17.7 Å². The van der Waals surface area contributed by atoms with E-state index in [0.717, 1.165) is 35.6 Å². The molecule has 1 atom stereocenters. The molecule has 0 bridgehead atoms. The fraction of sp³-hybridized carbons (Fsp3) is 0.412. The number of ether oxygens (including phenoxy) is 1. The predicted octanol–water partition coefficient (Wildman–Crippen LogP) is 2.92. The maximum atomic E-state index is 12.2. The van der Waals surface area contributed by atoms with Crippen LogP contribution in [0.25, 0.3) is 5.69 Å². The molecule has 0 aliphatic carbocycles. The highest BCUT2D eigenvalue weighted by atomic mass is 16.5. The number of aromatic nitrogens is 2. The highest BCUT2D eigenvalue weighted by molar-refractivity contribution is 5.95. The van der Waals surface area contributed by atoms with Crippen LogP contribution < -0.4 is 5.32 Å². The maximum absolute atomic E-state index is 12.2. The lowest BCUT2D eigenvalue weighted by molar-refractivity contribution is -0.124. The number of rotatable bonds is 3. The molecule has 1 aromatic carbocycles. The van der Waals surface area contributed by atoms with E-state index in [9.17, 15) is 4.79 Å². The van der Waals surface area contributed by atoms with E-state index in [1.54, 1.807) is 0 Å². The Morgan fingerprint density at radius 3 is 2.64 bits per heavy atom. The zero-order valence-electron chi connectivity index (χ0n) is 13.2. The van der Waals surface area contributed by atoms with Gasteiger partial charge in [0, 0.05) is 6.61 Å². The molecule has 0 spiro atoms. The number of amides is 1. The molecule has 1 N–H and O–H groups in total. The van der Waals surface area contributed by atoms with Gasteiger partial charge in [-0.05, 0) is 45.7 Å². The summed E-state index contributed by atoms with van der Waals surface area (Å²) >= 11 is 0. The second-order valence-corrected chi connectivity index (χ2v) is 5.78. The predicted molar refractivity (Wildman–Crippen MR) is 85.4 cm³/mol. The van der Waals surface area contributed by atoms with Gasteiger partial charge in [0.1, 0.15) is 6.10 Å². The van der Waals surface area contributed by atoms with Crippen molar-refractivity contribution in [2.75, 3.05) is 11.9 Å². The van der Waals surface area contributed by atoms with Crippen LogP contribution in [0.4, 0.5) is 5.69 Å². The van der Waals surface area contributed by atoms with E-state index >= 15 is 0 Å². The number of carbonyl (C=O) groups excluding carboxylic acids is 1. The summed E-state index contributed by atoms with van der Waals surface area (Å²) in [6, 6.07) is 8.16. The van der Waals surface area contributed by atoms with Gasteiger partial charge in [-0.25, -0.2) is 4.68 Å². The minimum Gasteiger partial charge on any atom is -0.368 e. The zero-order chi connectivity index (χ0) is 15.7. The quantitative estimate of drug-likeness (QED) is 0.948. The summed E-state index contributed by atoms with van der Waals surface area (Å²) in [5.74, 6) is -0.0767. The summed E-state index contributed by atoms with van der Waals surface area (Å²) in [4.78, 5) is 12.2. The van der Waals surface area contributed by atoms with E-state index in [0.29, 0.717) is 6.61 Å². The summed E-state index contributed by atoms with van der Waals surface area (Å²) in [6.07, 6.45) is 1.40. The molecule has 0 saturated carbocycles. The molecule has 0 radical (unpaired) electrons. The van der Waals surface area contributed by atoms with Crippen molar-refractivity contribution in [2.45, 2.75) is 39.7 Å². The summed E-state index contributed by atoms with van der Waals surface area (Å²) in [7, 11) is 0. The lowest BCUT2D eigenvalue weighted by atomic mass is 10.2. The molecule has 1 amide bonds. The van der Waals surface area contributed by atoms with Crippen molar-refractivity contribution in [3.8, 4) is 5.69 Å². The number of benzene rings is 1. The van der Waals surface area contributed by atoms with E-state index in [1.165, 1.54) is 5.56 Å². The second kappa shape index (κ2) is 5.93. The van der Waals surface area contributed by atoms with Gasteiger partial charge in [0.25, 0.3) is 5.91 Å². The van der Waals surface area contributed by atoms with Crippen molar-refractivity contribution in [1.82, 2.24) is 9.78 Å². The maximum Gasteiger partial charge on any atom is 0.253 e. The third-order valence-corrected chi connectivity index (χ3v) is 4.04. The number of carbonyl (C=O) groups is 1. The molecule has 3 rings (SSSR count). The molecular formula is C17H21N3O2. The van der Waals surface area contributed by atoms with Crippen LogP contribution in [0.1, 0.15) is 29.8 Å². The van der Waals surface area contributed by atoms with Gasteiger partial charge in [-0.3, -0.25) is 4.79 Å². The Bertz CT molecular complexity index is 683. The molecule has 22 heavy (non-hydrogen) atoms. The number of aryl methyl sites for hydroxylation is 2. The first-order valence-electron chi connectivity index (χ1n) is 7.62. The molecule has 1 aliphatic heterocycles. The third kappa shape index (κ3) is 2.76. The van der Waals surface area contributed by atoms with E-state index in [4.69, 9.17) is 4.74 Å². The molecule has 1 fully saturated rings. The zero-order valence-corrected chi connectivity index (χ0v) is 13.2. The van der Waals surface area contributed by atoms with Crippen LogP contribution in [-0.2, 0) is 9.53 Å². The molecule has 1 unspecified atom stereocenters. The summed E-state index contributed by atoms with van der Waals surface area (Å²) in [5, 5.41) is 7.53. The topological polar surface area (TPSA) is 56.2 Å². The number of nitrogens with one attached hydrogen (secondary N) is 1. The highest BCUT2D eigenvalue weighted by Gasteiger charge is 2.25. The van der Waals surface area contributed by atoms with Gasteiger partial charge in [0.2, 0.25) is 0 Å². The molecule has 5 heteroatoms. The summed E-state index contributed by atoms with van der Waals surface area (Å²) in [6.45, 7) is 6.59. The van der Waals surface area contributed by atoms with Crippen molar-refractivity contribution in [3.63, 3.8) is 0 Å². The second-order valence-electron chi connectivity index (χ2n) is 5.78. The van der Waals surface area contributed by atoms with E-state index in [1.807, 2.05) is 30.7 Å². The largest absolute Gasteiger partial charge is 0.368 e. The summed E-state index contributed by atoms with van der Waals surface area (Å²) < 4.78 is 7.29. The Labute approximate surface area is 130 Å². The number of hydrogen-bond donors (Lipinski definition) is 1. The lowest BCUT2D eigenvalue weighted by Crippen LogP contribution is -2.27. The Balaban J connectivity index is 1.86. The van der Waals surface area contributed by atoms with Crippen molar-refractivity contribution in [1.29, 1.82) is 0 Å². The number of nitrogens with zero attached hydrogens (tertiary/aromatic N) is 2. The van der Waals surface area contributed by atoms with Crippen molar-refractivity contribution in [2.24, 2.45) is 0 Å². The molecule has 1 saturated heterocycles. The van der Waals surface area contributed by atoms with E-state index in [-0.39, 0.29) is 12.0 Å². The van der Waals surface area contributed by atoms with E-state index < -0.39 is 0 Å². The number of hydrogen-bond acceptors (Lipinski definition) is 3. The molecule has 2 heterocycles. The van der Waals surface area contributed by atoms with Crippen LogP contribution in [-0.4, -0.2) is 28.4 Å². The molecule has 5 nitrogen and oxygen atoms in total. The van der Waals surface area contributed by atoms with Crippen LogP contribution in [0, 0.1) is 20.8 Å². The average Bonchev–Trinajstić information content (AvgIpc) is 3.12. The Morgan fingerprint density at radius 2 is 2.00 bits per heavy atom. The molecule has 116 valence electrons. The normalized spacial score (nSPS) is 17.7. The van der Waals surface area contributed by atoms with Crippen molar-refractivity contribution in [3.05, 3.63) is 41.2 Å². The fourth-order valence-corrected chi connectivity index (χ4v) is 2.75. The van der Waals surface area contributed by atoms with Crippen LogP contribution in [0.5, 0.6) is 0 Å². The summed E-state index contributed by atoms with van der Waals surface area (Å²) in [5.41, 5.74) is 4.71. The minimum atomic E-state index is -0.332. The van der Waals surface area contributed by atoms with E-state index in [2.05, 4.69) is 29.5 Å². The highest BCUT2D eigenvalue weighted by Crippen LogP contribution is 2.24.